The quantitative estimate of drug-likeness (QED) is 0.599. The predicted octanol–water partition coefficient (Wildman–Crippen LogP) is 3.68. The first kappa shape index (κ1) is 22.9. The molecule has 1 amide bonds. The van der Waals surface area contributed by atoms with Crippen LogP contribution in [0.3, 0.4) is 0 Å². The third kappa shape index (κ3) is 5.09. The lowest BCUT2D eigenvalue weighted by Gasteiger charge is -2.52. The van der Waals surface area contributed by atoms with E-state index in [0.29, 0.717) is 24.6 Å². The summed E-state index contributed by atoms with van der Waals surface area (Å²) < 4.78 is 10.9. The third-order valence-electron chi connectivity index (χ3n) is 6.87. The van der Waals surface area contributed by atoms with Crippen LogP contribution in [0.4, 0.5) is 0 Å². The van der Waals surface area contributed by atoms with Crippen LogP contribution in [0.15, 0.2) is 18.2 Å². The maximum atomic E-state index is 12.7. The van der Waals surface area contributed by atoms with Gasteiger partial charge in [0.2, 0.25) is 5.91 Å². The number of aliphatic hydroxyl groups is 1. The number of amides is 1. The summed E-state index contributed by atoms with van der Waals surface area (Å²) in [5.74, 6) is 1.56. The number of carbonyl (C=O) groups is 1. The fraction of sp³-hybridized carbons (Fsp3) is 0.708. The van der Waals surface area contributed by atoms with Crippen molar-refractivity contribution in [1.29, 1.82) is 0 Å². The summed E-state index contributed by atoms with van der Waals surface area (Å²) >= 11 is 0. The zero-order valence-electron chi connectivity index (χ0n) is 18.8. The van der Waals surface area contributed by atoms with Crippen molar-refractivity contribution in [1.82, 2.24) is 10.2 Å². The normalized spacial score (nSPS) is 26.7. The van der Waals surface area contributed by atoms with Gasteiger partial charge >= 0.3 is 0 Å². The molecule has 1 aliphatic carbocycles. The maximum absolute atomic E-state index is 12.7. The van der Waals surface area contributed by atoms with Gasteiger partial charge in [0.1, 0.15) is 0 Å². The number of ether oxygens (including phenoxy) is 2. The maximum Gasteiger partial charge on any atom is 0.234 e. The minimum Gasteiger partial charge on any atom is -0.493 e. The van der Waals surface area contributed by atoms with Crippen molar-refractivity contribution in [3.63, 3.8) is 0 Å². The van der Waals surface area contributed by atoms with Gasteiger partial charge in [-0.05, 0) is 43.4 Å². The third-order valence-corrected chi connectivity index (χ3v) is 6.87. The molecule has 2 aliphatic rings. The average Bonchev–Trinajstić information content (AvgIpc) is 2.76. The van der Waals surface area contributed by atoms with Crippen LogP contribution in [0.2, 0.25) is 0 Å². The van der Waals surface area contributed by atoms with Gasteiger partial charge in [-0.15, -0.1) is 0 Å². The Balaban J connectivity index is 1.83. The highest BCUT2D eigenvalue weighted by atomic mass is 16.5. The van der Waals surface area contributed by atoms with Gasteiger partial charge in [-0.1, -0.05) is 38.7 Å². The van der Waals surface area contributed by atoms with E-state index < -0.39 is 5.60 Å². The number of nitrogens with zero attached hydrogens (tertiary/aromatic N) is 1. The zero-order chi connectivity index (χ0) is 21.6. The molecule has 0 aromatic heterocycles. The van der Waals surface area contributed by atoms with E-state index in [4.69, 9.17) is 9.47 Å². The molecule has 1 saturated carbocycles. The number of benzene rings is 1. The van der Waals surface area contributed by atoms with Gasteiger partial charge in [-0.25, -0.2) is 0 Å². The largest absolute Gasteiger partial charge is 0.493 e. The zero-order valence-corrected chi connectivity index (χ0v) is 18.8. The second kappa shape index (κ2) is 10.5. The highest BCUT2D eigenvalue weighted by Gasteiger charge is 2.49. The first-order valence-corrected chi connectivity index (χ1v) is 11.5. The van der Waals surface area contributed by atoms with E-state index >= 15 is 0 Å². The second-order valence-corrected chi connectivity index (χ2v) is 8.79. The van der Waals surface area contributed by atoms with Crippen LogP contribution in [-0.4, -0.2) is 55.4 Å². The average molecular weight is 419 g/mol. The van der Waals surface area contributed by atoms with Gasteiger partial charge in [0.05, 0.1) is 26.4 Å². The molecule has 1 aromatic rings. The van der Waals surface area contributed by atoms with Crippen molar-refractivity contribution in [2.75, 3.05) is 33.9 Å². The Labute approximate surface area is 180 Å². The van der Waals surface area contributed by atoms with E-state index in [1.165, 1.54) is 0 Å². The SMILES string of the molecule is CCCCCNC(=O)CN1CC[C@]2(O)CCCC[C@@H]2[C@H]1c1ccc(OC)c(OC)c1. The molecule has 1 saturated heterocycles. The van der Waals surface area contributed by atoms with E-state index in [1.54, 1.807) is 14.2 Å². The van der Waals surface area contributed by atoms with Gasteiger partial charge in [0, 0.05) is 25.0 Å². The lowest BCUT2D eigenvalue weighted by atomic mass is 9.66. The Kier molecular flexibility index (Phi) is 8.00. The highest BCUT2D eigenvalue weighted by Crippen LogP contribution is 2.50. The van der Waals surface area contributed by atoms with Crippen LogP contribution in [0.1, 0.15) is 69.9 Å². The molecule has 3 atom stereocenters. The highest BCUT2D eigenvalue weighted by molar-refractivity contribution is 5.78. The van der Waals surface area contributed by atoms with E-state index in [0.717, 1.165) is 63.5 Å². The van der Waals surface area contributed by atoms with Crippen LogP contribution >= 0.6 is 0 Å². The van der Waals surface area contributed by atoms with E-state index in [1.807, 2.05) is 12.1 Å². The summed E-state index contributed by atoms with van der Waals surface area (Å²) in [6.07, 6.45) is 8.03. The Morgan fingerprint density at radius 1 is 1.20 bits per heavy atom. The number of hydrogen-bond acceptors (Lipinski definition) is 5. The molecule has 0 radical (unpaired) electrons. The van der Waals surface area contributed by atoms with Crippen LogP contribution in [0.25, 0.3) is 0 Å². The molecule has 1 aliphatic heterocycles. The summed E-state index contributed by atoms with van der Waals surface area (Å²) in [4.78, 5) is 14.9. The summed E-state index contributed by atoms with van der Waals surface area (Å²) in [7, 11) is 3.27. The van der Waals surface area contributed by atoms with Crippen molar-refractivity contribution in [2.24, 2.45) is 5.92 Å². The lowest BCUT2D eigenvalue weighted by molar-refractivity contribution is -0.137. The monoisotopic (exact) mass is 418 g/mol. The Morgan fingerprint density at radius 2 is 2.00 bits per heavy atom. The molecule has 6 nitrogen and oxygen atoms in total. The molecule has 6 heteroatoms. The number of likely N-dealkylation sites (tertiary alicyclic amines) is 1. The summed E-state index contributed by atoms with van der Waals surface area (Å²) in [6, 6.07) is 5.98. The Hall–Kier alpha value is -1.79. The standard InChI is InChI=1S/C24H38N2O4/c1-4-5-8-14-25-22(27)17-26-15-13-24(28)12-7-6-9-19(24)23(26)18-10-11-20(29-2)21(16-18)30-3/h10-11,16,19,23,28H,4-9,12-15,17H2,1-3H3,(H,25,27)/t19-,23-,24-/m1/s1. The molecule has 1 heterocycles. The number of carbonyl (C=O) groups excluding carboxylic acids is 1. The molecule has 0 spiro atoms. The van der Waals surface area contributed by atoms with Gasteiger partial charge < -0.3 is 19.9 Å². The number of piperidine rings is 1. The van der Waals surface area contributed by atoms with Crippen molar-refractivity contribution < 1.29 is 19.4 Å². The molecule has 3 rings (SSSR count). The minimum atomic E-state index is -0.649. The number of rotatable bonds is 9. The summed E-state index contributed by atoms with van der Waals surface area (Å²) in [5.41, 5.74) is 0.431. The fourth-order valence-electron chi connectivity index (χ4n) is 5.24. The van der Waals surface area contributed by atoms with Crippen LogP contribution in [-0.2, 0) is 4.79 Å². The van der Waals surface area contributed by atoms with Crippen molar-refractivity contribution in [2.45, 2.75) is 69.9 Å². The summed E-state index contributed by atoms with van der Waals surface area (Å²) in [5, 5.41) is 14.5. The number of hydrogen-bond donors (Lipinski definition) is 2. The van der Waals surface area contributed by atoms with Crippen molar-refractivity contribution in [3.05, 3.63) is 23.8 Å². The second-order valence-electron chi connectivity index (χ2n) is 8.79. The molecular formula is C24H38N2O4. The van der Waals surface area contributed by atoms with E-state index in [-0.39, 0.29) is 17.9 Å². The molecule has 168 valence electrons. The lowest BCUT2D eigenvalue weighted by Crippen LogP contribution is -2.56. The van der Waals surface area contributed by atoms with E-state index in [2.05, 4.69) is 23.2 Å². The van der Waals surface area contributed by atoms with Crippen LogP contribution in [0.5, 0.6) is 11.5 Å². The fourth-order valence-corrected chi connectivity index (χ4v) is 5.24. The van der Waals surface area contributed by atoms with Crippen molar-refractivity contribution in [3.8, 4) is 11.5 Å². The number of methoxy groups -OCH3 is 2. The number of unbranched alkanes of at least 4 members (excludes halogenated alkanes) is 2. The number of nitrogens with one attached hydrogen (secondary N) is 1. The first-order valence-electron chi connectivity index (χ1n) is 11.5. The summed E-state index contributed by atoms with van der Waals surface area (Å²) in [6.45, 7) is 3.97. The molecule has 2 fully saturated rings. The molecular weight excluding hydrogens is 380 g/mol. The Bertz CT molecular complexity index is 710. The van der Waals surface area contributed by atoms with Gasteiger partial charge in [0.25, 0.3) is 0 Å². The molecule has 2 N–H and O–H groups in total. The minimum absolute atomic E-state index is 0.00903. The molecule has 0 unspecified atom stereocenters. The van der Waals surface area contributed by atoms with Gasteiger partial charge in [-0.2, -0.15) is 0 Å². The van der Waals surface area contributed by atoms with Gasteiger partial charge in [-0.3, -0.25) is 9.69 Å². The van der Waals surface area contributed by atoms with Crippen molar-refractivity contribution >= 4 is 5.91 Å². The van der Waals surface area contributed by atoms with Gasteiger partial charge in [0.15, 0.2) is 11.5 Å². The topological polar surface area (TPSA) is 71.0 Å². The molecule has 30 heavy (non-hydrogen) atoms. The van der Waals surface area contributed by atoms with E-state index in [9.17, 15) is 9.90 Å². The van der Waals surface area contributed by atoms with Crippen LogP contribution in [0, 0.1) is 5.92 Å². The predicted molar refractivity (Wildman–Crippen MR) is 118 cm³/mol. The molecule has 0 bridgehead atoms. The smallest absolute Gasteiger partial charge is 0.234 e. The van der Waals surface area contributed by atoms with Crippen LogP contribution < -0.4 is 14.8 Å². The number of fused-ring (bicyclic) bond motifs is 1. The Morgan fingerprint density at radius 3 is 2.73 bits per heavy atom. The molecule has 1 aromatic carbocycles. The first-order chi connectivity index (χ1) is 14.5.